The van der Waals surface area contributed by atoms with Crippen LogP contribution in [0.3, 0.4) is 0 Å². The monoisotopic (exact) mass is 425 g/mol. The third kappa shape index (κ3) is 5.44. The Bertz CT molecular complexity index is 750. The van der Waals surface area contributed by atoms with E-state index in [-0.39, 0.29) is 18.3 Å². The minimum absolute atomic E-state index is 0.204. The Hall–Kier alpha value is -2.29. The summed E-state index contributed by atoms with van der Waals surface area (Å²) in [6.45, 7) is -0.204. The molecule has 118 valence electrons. The lowest BCUT2D eigenvalue weighted by molar-refractivity contribution is -0.120. The Labute approximate surface area is 146 Å². The summed E-state index contributed by atoms with van der Waals surface area (Å²) in [5.41, 5.74) is 3.29. The number of rotatable bonds is 5. The Morgan fingerprint density at radius 1 is 1.17 bits per heavy atom. The molecule has 0 atom stereocenters. The van der Waals surface area contributed by atoms with Crippen molar-refractivity contribution in [2.75, 3.05) is 6.54 Å². The van der Waals surface area contributed by atoms with E-state index in [1.807, 2.05) is 28.7 Å². The van der Waals surface area contributed by atoms with Crippen LogP contribution in [-0.4, -0.2) is 24.6 Å². The number of carbonyl (C=O) groups excluding carboxylic acids is 2. The van der Waals surface area contributed by atoms with Gasteiger partial charge < -0.3 is 5.32 Å². The summed E-state index contributed by atoms with van der Waals surface area (Å²) in [5.74, 6) is -1.19. The Morgan fingerprint density at radius 2 is 1.96 bits per heavy atom. The summed E-state index contributed by atoms with van der Waals surface area (Å²) >= 11 is 2.05. The van der Waals surface area contributed by atoms with Crippen LogP contribution in [0.15, 0.2) is 53.6 Å². The first-order valence-electron chi connectivity index (χ1n) is 6.66. The Balaban J connectivity index is 1.81. The van der Waals surface area contributed by atoms with Crippen molar-refractivity contribution in [1.29, 1.82) is 0 Å². The number of halogens is 2. The lowest BCUT2D eigenvalue weighted by atomic mass is 10.2. The first-order chi connectivity index (χ1) is 11.1. The molecule has 0 unspecified atom stereocenters. The molecule has 0 aliphatic heterocycles. The molecule has 2 N–H and O–H groups in total. The zero-order valence-electron chi connectivity index (χ0n) is 11.9. The van der Waals surface area contributed by atoms with Crippen LogP contribution in [0.2, 0.25) is 0 Å². The van der Waals surface area contributed by atoms with Crippen LogP contribution in [0.5, 0.6) is 0 Å². The number of hydrogen-bond donors (Lipinski definition) is 2. The molecule has 0 spiro atoms. The average molecular weight is 425 g/mol. The van der Waals surface area contributed by atoms with Gasteiger partial charge in [-0.25, -0.2) is 9.82 Å². The van der Waals surface area contributed by atoms with Crippen LogP contribution >= 0.6 is 22.6 Å². The summed E-state index contributed by atoms with van der Waals surface area (Å²) < 4.78 is 13.8. The average Bonchev–Trinajstić information content (AvgIpc) is 2.53. The van der Waals surface area contributed by atoms with Gasteiger partial charge in [-0.2, -0.15) is 5.10 Å². The van der Waals surface area contributed by atoms with Crippen molar-refractivity contribution in [1.82, 2.24) is 10.7 Å². The van der Waals surface area contributed by atoms with Gasteiger partial charge in [0.15, 0.2) is 0 Å². The zero-order chi connectivity index (χ0) is 16.7. The molecule has 2 amide bonds. The number of amides is 2. The fourth-order valence-corrected chi connectivity index (χ4v) is 2.34. The van der Waals surface area contributed by atoms with Crippen LogP contribution in [0.4, 0.5) is 4.39 Å². The highest BCUT2D eigenvalue weighted by molar-refractivity contribution is 14.1. The first kappa shape index (κ1) is 17.1. The maximum absolute atomic E-state index is 13.0. The molecular formula is C16H13FIN3O2. The van der Waals surface area contributed by atoms with E-state index in [1.165, 1.54) is 18.3 Å². The van der Waals surface area contributed by atoms with E-state index in [0.29, 0.717) is 11.1 Å². The molecule has 0 saturated carbocycles. The van der Waals surface area contributed by atoms with Gasteiger partial charge in [-0.15, -0.1) is 0 Å². The lowest BCUT2D eigenvalue weighted by Crippen LogP contribution is -2.35. The third-order valence-corrected chi connectivity index (χ3v) is 3.72. The van der Waals surface area contributed by atoms with E-state index < -0.39 is 5.91 Å². The predicted molar refractivity (Wildman–Crippen MR) is 93.6 cm³/mol. The second-order valence-electron chi connectivity index (χ2n) is 4.51. The molecule has 2 aromatic rings. The highest BCUT2D eigenvalue weighted by Crippen LogP contribution is 2.10. The molecule has 0 saturated heterocycles. The second-order valence-corrected chi connectivity index (χ2v) is 5.67. The maximum Gasteiger partial charge on any atom is 0.259 e. The molecule has 0 bridgehead atoms. The van der Waals surface area contributed by atoms with Gasteiger partial charge in [-0.05, 0) is 52.4 Å². The molecule has 7 heteroatoms. The molecule has 0 aromatic heterocycles. The van der Waals surface area contributed by atoms with Gasteiger partial charge in [0.1, 0.15) is 5.82 Å². The summed E-state index contributed by atoms with van der Waals surface area (Å²) in [5, 5.41) is 6.21. The largest absolute Gasteiger partial charge is 0.343 e. The van der Waals surface area contributed by atoms with E-state index >= 15 is 0 Å². The van der Waals surface area contributed by atoms with E-state index in [4.69, 9.17) is 0 Å². The standard InChI is InChI=1S/C16H13FIN3O2/c17-12-5-3-4-11(8-12)9-20-21-15(22)10-19-16(23)13-6-1-2-7-14(13)18/h1-9H,10H2,(H,19,23)(H,21,22)/b20-9+. The Morgan fingerprint density at radius 3 is 2.70 bits per heavy atom. The summed E-state index contributed by atoms with van der Waals surface area (Å²) in [6.07, 6.45) is 1.32. The molecule has 5 nitrogen and oxygen atoms in total. The number of carbonyl (C=O) groups is 2. The summed E-state index contributed by atoms with van der Waals surface area (Å²) in [6, 6.07) is 12.9. The van der Waals surface area contributed by atoms with Gasteiger partial charge in [0.25, 0.3) is 11.8 Å². The number of hydrazone groups is 1. The SMILES string of the molecule is O=C(CNC(=O)c1ccccc1I)N/N=C/c1cccc(F)c1. The third-order valence-electron chi connectivity index (χ3n) is 2.78. The molecular weight excluding hydrogens is 412 g/mol. The van der Waals surface area contributed by atoms with Crippen LogP contribution in [0, 0.1) is 9.39 Å². The van der Waals surface area contributed by atoms with Crippen LogP contribution in [0.1, 0.15) is 15.9 Å². The zero-order valence-corrected chi connectivity index (χ0v) is 14.1. The van der Waals surface area contributed by atoms with Gasteiger partial charge in [0.05, 0.1) is 18.3 Å². The van der Waals surface area contributed by atoms with Gasteiger partial charge in [0.2, 0.25) is 0 Å². The number of nitrogens with one attached hydrogen (secondary N) is 2. The fraction of sp³-hybridized carbons (Fsp3) is 0.0625. The molecule has 0 radical (unpaired) electrons. The van der Waals surface area contributed by atoms with Crippen molar-refractivity contribution in [2.24, 2.45) is 5.10 Å². The first-order valence-corrected chi connectivity index (χ1v) is 7.74. The van der Waals surface area contributed by atoms with Gasteiger partial charge in [-0.1, -0.05) is 24.3 Å². The van der Waals surface area contributed by atoms with Gasteiger partial charge in [-0.3, -0.25) is 9.59 Å². The quantitative estimate of drug-likeness (QED) is 0.439. The van der Waals surface area contributed by atoms with Crippen molar-refractivity contribution in [3.05, 3.63) is 69.0 Å². The number of hydrogen-bond acceptors (Lipinski definition) is 3. The topological polar surface area (TPSA) is 70.6 Å². The number of nitrogens with zero attached hydrogens (tertiary/aromatic N) is 1. The maximum atomic E-state index is 13.0. The summed E-state index contributed by atoms with van der Waals surface area (Å²) in [4.78, 5) is 23.5. The smallest absolute Gasteiger partial charge is 0.259 e. The molecule has 0 aliphatic carbocycles. The second kappa shape index (κ2) is 8.37. The van der Waals surface area contributed by atoms with Crippen molar-refractivity contribution < 1.29 is 14.0 Å². The molecule has 0 heterocycles. The Kier molecular flexibility index (Phi) is 6.21. The van der Waals surface area contributed by atoms with Crippen molar-refractivity contribution >= 4 is 40.6 Å². The van der Waals surface area contributed by atoms with E-state index in [9.17, 15) is 14.0 Å². The fourth-order valence-electron chi connectivity index (χ4n) is 1.71. The van der Waals surface area contributed by atoms with Gasteiger partial charge in [0, 0.05) is 3.57 Å². The normalized spacial score (nSPS) is 10.5. The van der Waals surface area contributed by atoms with Crippen LogP contribution in [0.25, 0.3) is 0 Å². The van der Waals surface area contributed by atoms with E-state index in [1.54, 1.807) is 30.3 Å². The van der Waals surface area contributed by atoms with Crippen LogP contribution in [-0.2, 0) is 4.79 Å². The lowest BCUT2D eigenvalue weighted by Gasteiger charge is -2.05. The minimum atomic E-state index is -0.475. The van der Waals surface area contributed by atoms with Crippen molar-refractivity contribution in [3.63, 3.8) is 0 Å². The molecule has 2 aromatic carbocycles. The summed E-state index contributed by atoms with van der Waals surface area (Å²) in [7, 11) is 0. The van der Waals surface area contributed by atoms with Crippen LogP contribution < -0.4 is 10.7 Å². The highest BCUT2D eigenvalue weighted by Gasteiger charge is 2.10. The molecule has 23 heavy (non-hydrogen) atoms. The molecule has 0 aliphatic rings. The molecule has 0 fully saturated rings. The number of benzene rings is 2. The minimum Gasteiger partial charge on any atom is -0.343 e. The van der Waals surface area contributed by atoms with Crippen molar-refractivity contribution in [3.8, 4) is 0 Å². The van der Waals surface area contributed by atoms with Crippen molar-refractivity contribution in [2.45, 2.75) is 0 Å². The highest BCUT2D eigenvalue weighted by atomic mass is 127. The van der Waals surface area contributed by atoms with E-state index in [2.05, 4.69) is 15.8 Å². The van der Waals surface area contributed by atoms with Gasteiger partial charge >= 0.3 is 0 Å². The van der Waals surface area contributed by atoms with E-state index in [0.717, 1.165) is 3.57 Å². The molecule has 2 rings (SSSR count). The predicted octanol–water partition coefficient (Wildman–Crippen LogP) is 2.31.